The molecule has 0 aliphatic carbocycles. The number of halogens is 1. The second kappa shape index (κ2) is 6.98. The fraction of sp³-hybridized carbons (Fsp3) is 0.0833. The van der Waals surface area contributed by atoms with E-state index in [1.807, 2.05) is 0 Å². The molecule has 154 valence electrons. The zero-order valence-electron chi connectivity index (χ0n) is 16.3. The minimum absolute atomic E-state index is 0.0137. The number of phenolic OH excluding ortho intramolecular Hbond substituents is 1. The van der Waals surface area contributed by atoms with E-state index in [2.05, 4.69) is 0 Å². The lowest BCUT2D eigenvalue weighted by Crippen LogP contribution is -2.29. The number of phenols is 1. The first-order valence-corrected chi connectivity index (χ1v) is 9.50. The monoisotopic (exact) mass is 417 g/mol. The third-order valence-electron chi connectivity index (χ3n) is 5.35. The van der Waals surface area contributed by atoms with E-state index in [0.29, 0.717) is 17.0 Å². The van der Waals surface area contributed by atoms with Crippen LogP contribution in [0.5, 0.6) is 11.5 Å². The Morgan fingerprint density at radius 3 is 2.61 bits per heavy atom. The predicted octanol–water partition coefficient (Wildman–Crippen LogP) is 4.40. The van der Waals surface area contributed by atoms with Crippen molar-refractivity contribution in [2.24, 2.45) is 0 Å². The van der Waals surface area contributed by atoms with Gasteiger partial charge < -0.3 is 14.3 Å². The molecule has 1 N–H and O–H groups in total. The smallest absolute Gasteiger partial charge is 0.295 e. The number of rotatable bonds is 3. The summed E-state index contributed by atoms with van der Waals surface area (Å²) in [5.74, 6) is -0.689. The van der Waals surface area contributed by atoms with Gasteiger partial charge in [-0.1, -0.05) is 18.2 Å². The first-order chi connectivity index (χ1) is 15.0. The molecule has 3 aromatic carbocycles. The second-order valence-corrected chi connectivity index (χ2v) is 7.19. The number of nitrogens with zero attached hydrogens (tertiary/aromatic N) is 1. The number of hydrogen-bond acceptors (Lipinski definition) is 5. The standard InChI is InChI=1S/C24H16FNO5/c1-30-17-7-3-5-15(12-17)26-21(13-4-2-6-16(27)10-13)20-22(28)18-11-14(25)8-9-19(18)31-23(20)24(26)29/h2-12,21,27H,1H3. The van der Waals surface area contributed by atoms with Crippen molar-refractivity contribution in [3.63, 3.8) is 0 Å². The van der Waals surface area contributed by atoms with Crippen molar-refractivity contribution in [2.75, 3.05) is 12.0 Å². The Labute approximate surface area is 175 Å². The van der Waals surface area contributed by atoms with Gasteiger partial charge in [0.2, 0.25) is 5.76 Å². The molecule has 0 saturated carbocycles. The molecular weight excluding hydrogens is 401 g/mol. The van der Waals surface area contributed by atoms with Gasteiger partial charge in [0.1, 0.15) is 22.9 Å². The Bertz CT molecular complexity index is 1410. The van der Waals surface area contributed by atoms with Crippen molar-refractivity contribution >= 4 is 22.6 Å². The predicted molar refractivity (Wildman–Crippen MR) is 112 cm³/mol. The molecule has 4 aromatic rings. The molecule has 0 bridgehead atoms. The van der Waals surface area contributed by atoms with Crippen molar-refractivity contribution in [2.45, 2.75) is 6.04 Å². The molecule has 0 fully saturated rings. The molecule has 7 heteroatoms. The van der Waals surface area contributed by atoms with Crippen LogP contribution in [0.25, 0.3) is 11.0 Å². The number of amides is 1. The van der Waals surface area contributed by atoms with Crippen LogP contribution in [0.2, 0.25) is 0 Å². The van der Waals surface area contributed by atoms with Crippen molar-refractivity contribution in [3.05, 3.63) is 99.7 Å². The summed E-state index contributed by atoms with van der Waals surface area (Å²) in [4.78, 5) is 28.3. The molecule has 0 saturated heterocycles. The van der Waals surface area contributed by atoms with Gasteiger partial charge in [-0.25, -0.2) is 4.39 Å². The summed E-state index contributed by atoms with van der Waals surface area (Å²) in [6, 6.07) is 15.9. The van der Waals surface area contributed by atoms with Gasteiger partial charge in [-0.05, 0) is 48.0 Å². The van der Waals surface area contributed by atoms with Gasteiger partial charge in [-0.15, -0.1) is 0 Å². The van der Waals surface area contributed by atoms with Crippen molar-refractivity contribution < 1.29 is 23.4 Å². The lowest BCUT2D eigenvalue weighted by molar-refractivity contribution is 0.0971. The highest BCUT2D eigenvalue weighted by atomic mass is 19.1. The van der Waals surface area contributed by atoms with Crippen molar-refractivity contribution in [1.82, 2.24) is 0 Å². The molecule has 0 radical (unpaired) electrons. The summed E-state index contributed by atoms with van der Waals surface area (Å²) >= 11 is 0. The van der Waals surface area contributed by atoms with E-state index in [4.69, 9.17) is 9.15 Å². The summed E-state index contributed by atoms with van der Waals surface area (Å²) in [7, 11) is 1.51. The van der Waals surface area contributed by atoms with Crippen LogP contribution in [0.3, 0.4) is 0 Å². The Morgan fingerprint density at radius 1 is 1.03 bits per heavy atom. The normalized spacial score (nSPS) is 15.4. The van der Waals surface area contributed by atoms with Gasteiger partial charge in [0.15, 0.2) is 5.43 Å². The van der Waals surface area contributed by atoms with Crippen LogP contribution in [0.1, 0.15) is 27.7 Å². The number of benzene rings is 3. The highest BCUT2D eigenvalue weighted by molar-refractivity contribution is 6.10. The van der Waals surface area contributed by atoms with Crippen molar-refractivity contribution in [1.29, 1.82) is 0 Å². The van der Waals surface area contributed by atoms with Gasteiger partial charge in [0, 0.05) is 11.8 Å². The number of ether oxygens (including phenoxy) is 1. The number of anilines is 1. The highest BCUT2D eigenvalue weighted by Gasteiger charge is 2.43. The number of carbonyl (C=O) groups excluding carboxylic acids is 1. The minimum Gasteiger partial charge on any atom is -0.508 e. The molecular formula is C24H16FNO5. The molecule has 1 unspecified atom stereocenters. The molecule has 5 rings (SSSR count). The third kappa shape index (κ3) is 2.93. The first kappa shape index (κ1) is 18.9. The second-order valence-electron chi connectivity index (χ2n) is 7.19. The lowest BCUT2D eigenvalue weighted by atomic mass is 9.98. The first-order valence-electron chi connectivity index (χ1n) is 9.50. The number of methoxy groups -OCH3 is 1. The molecule has 2 heterocycles. The molecule has 0 spiro atoms. The molecule has 1 aliphatic heterocycles. The molecule has 6 nitrogen and oxygen atoms in total. The molecule has 1 aromatic heterocycles. The highest BCUT2D eigenvalue weighted by Crippen LogP contribution is 2.42. The Morgan fingerprint density at radius 2 is 1.84 bits per heavy atom. The molecule has 1 atom stereocenters. The third-order valence-corrected chi connectivity index (χ3v) is 5.35. The SMILES string of the molecule is COc1cccc(N2C(=O)c3oc4ccc(F)cc4c(=O)c3C2c2cccc(O)c2)c1. The largest absolute Gasteiger partial charge is 0.508 e. The van der Waals surface area contributed by atoms with E-state index < -0.39 is 23.2 Å². The Hall–Kier alpha value is -4.13. The fourth-order valence-electron chi connectivity index (χ4n) is 3.98. The van der Waals surface area contributed by atoms with Gasteiger partial charge in [-0.3, -0.25) is 14.5 Å². The molecule has 1 aliphatic rings. The van der Waals surface area contributed by atoms with Gasteiger partial charge in [-0.2, -0.15) is 0 Å². The van der Waals surface area contributed by atoms with E-state index in [0.717, 1.165) is 6.07 Å². The number of aromatic hydroxyl groups is 1. The van der Waals surface area contributed by atoms with Crippen LogP contribution in [-0.2, 0) is 0 Å². The maximum atomic E-state index is 13.8. The zero-order chi connectivity index (χ0) is 21.7. The summed E-state index contributed by atoms with van der Waals surface area (Å²) in [5.41, 5.74) is 0.719. The van der Waals surface area contributed by atoms with E-state index >= 15 is 0 Å². The van der Waals surface area contributed by atoms with Crippen LogP contribution in [0, 0.1) is 5.82 Å². The molecule has 31 heavy (non-hydrogen) atoms. The number of fused-ring (bicyclic) bond motifs is 2. The topological polar surface area (TPSA) is 80.0 Å². The molecule has 1 amide bonds. The van der Waals surface area contributed by atoms with E-state index in [1.54, 1.807) is 36.4 Å². The maximum absolute atomic E-state index is 13.8. The Kier molecular flexibility index (Phi) is 4.25. The van der Waals surface area contributed by atoms with Gasteiger partial charge in [0.25, 0.3) is 5.91 Å². The van der Waals surface area contributed by atoms with Crippen LogP contribution in [0.15, 0.2) is 75.9 Å². The summed E-state index contributed by atoms with van der Waals surface area (Å²) in [6.07, 6.45) is 0. The van der Waals surface area contributed by atoms with Gasteiger partial charge in [0.05, 0.1) is 24.1 Å². The number of carbonyl (C=O) groups is 1. The van der Waals surface area contributed by atoms with Crippen molar-refractivity contribution in [3.8, 4) is 11.5 Å². The average Bonchev–Trinajstić information content (AvgIpc) is 3.07. The van der Waals surface area contributed by atoms with E-state index in [1.165, 1.54) is 36.3 Å². The average molecular weight is 417 g/mol. The van der Waals surface area contributed by atoms with E-state index in [-0.39, 0.29) is 28.0 Å². The van der Waals surface area contributed by atoms with Crippen LogP contribution in [0.4, 0.5) is 10.1 Å². The summed E-state index contributed by atoms with van der Waals surface area (Å²) in [6.45, 7) is 0. The van der Waals surface area contributed by atoms with Crippen LogP contribution >= 0.6 is 0 Å². The summed E-state index contributed by atoms with van der Waals surface area (Å²) in [5, 5.41) is 10.1. The quantitative estimate of drug-likeness (QED) is 0.535. The number of hydrogen-bond donors (Lipinski definition) is 1. The van der Waals surface area contributed by atoms with Crippen LogP contribution in [-0.4, -0.2) is 18.1 Å². The zero-order valence-corrected chi connectivity index (χ0v) is 16.3. The van der Waals surface area contributed by atoms with E-state index in [9.17, 15) is 19.1 Å². The summed E-state index contributed by atoms with van der Waals surface area (Å²) < 4.78 is 24.9. The fourth-order valence-corrected chi connectivity index (χ4v) is 3.98. The Balaban J connectivity index is 1.82. The van der Waals surface area contributed by atoms with Gasteiger partial charge >= 0.3 is 0 Å². The van der Waals surface area contributed by atoms with Crippen LogP contribution < -0.4 is 15.1 Å². The lowest BCUT2D eigenvalue weighted by Gasteiger charge is -2.25. The maximum Gasteiger partial charge on any atom is 0.295 e. The minimum atomic E-state index is -0.870.